The van der Waals surface area contributed by atoms with E-state index in [0.717, 1.165) is 6.42 Å². The molecule has 5 N–H and O–H groups in total. The highest BCUT2D eigenvalue weighted by atomic mass is 31.2. The van der Waals surface area contributed by atoms with Gasteiger partial charge < -0.3 is 24.7 Å². The van der Waals surface area contributed by atoms with Crippen LogP contribution in [-0.4, -0.2) is 29.8 Å². The fraction of sp³-hybridized carbons (Fsp3) is 1.00. The van der Waals surface area contributed by atoms with E-state index in [1.54, 1.807) is 0 Å². The Hall–Kier alpha value is 0.260. The zero-order chi connectivity index (χ0) is 12.8. The molecule has 0 spiro atoms. The number of aliphatic hydroxyl groups is 1. The van der Waals surface area contributed by atoms with E-state index in [0.29, 0.717) is 12.8 Å². The molecule has 1 fully saturated rings. The van der Waals surface area contributed by atoms with Gasteiger partial charge in [-0.15, -0.1) is 0 Å². The van der Waals surface area contributed by atoms with Crippen LogP contribution in [0.25, 0.3) is 0 Å². The molecule has 0 aliphatic heterocycles. The maximum Gasteiger partial charge on any atom is 0.369 e. The van der Waals surface area contributed by atoms with Gasteiger partial charge in [0.05, 0.1) is 0 Å². The molecule has 0 heterocycles. The van der Waals surface area contributed by atoms with Gasteiger partial charge in [-0.3, -0.25) is 9.13 Å². The normalized spacial score (nSPS) is 21.6. The fourth-order valence-electron chi connectivity index (χ4n) is 1.96. The summed E-state index contributed by atoms with van der Waals surface area (Å²) in [6.45, 7) is 1.27. The summed E-state index contributed by atoms with van der Waals surface area (Å²) in [5, 5.41) is 6.50. The second kappa shape index (κ2) is 4.18. The highest BCUT2D eigenvalue weighted by Gasteiger charge is 2.64. The van der Waals surface area contributed by atoms with Crippen molar-refractivity contribution in [3.05, 3.63) is 0 Å². The largest absolute Gasteiger partial charge is 0.369 e. The first-order chi connectivity index (χ1) is 7.02. The summed E-state index contributed by atoms with van der Waals surface area (Å²) in [4.78, 5) is 35.9. The Morgan fingerprint density at radius 1 is 1.12 bits per heavy atom. The molecule has 16 heavy (non-hydrogen) atoms. The predicted molar refractivity (Wildman–Crippen MR) is 55.5 cm³/mol. The highest BCUT2D eigenvalue weighted by Crippen LogP contribution is 2.72. The van der Waals surface area contributed by atoms with Crippen LogP contribution in [0.1, 0.15) is 26.2 Å². The molecule has 1 saturated carbocycles. The minimum atomic E-state index is -5.31. The van der Waals surface area contributed by atoms with E-state index >= 15 is 0 Å². The lowest BCUT2D eigenvalue weighted by atomic mass is 9.77. The molecule has 1 atom stereocenters. The van der Waals surface area contributed by atoms with Gasteiger partial charge in [-0.1, -0.05) is 26.2 Å². The van der Waals surface area contributed by atoms with Crippen LogP contribution in [0.4, 0.5) is 0 Å². The van der Waals surface area contributed by atoms with Gasteiger partial charge in [-0.25, -0.2) is 0 Å². The van der Waals surface area contributed by atoms with Crippen molar-refractivity contribution < 1.29 is 33.8 Å². The molecule has 1 aliphatic carbocycles. The van der Waals surface area contributed by atoms with Crippen LogP contribution in [-0.2, 0) is 9.13 Å². The van der Waals surface area contributed by atoms with Gasteiger partial charge in [0, 0.05) is 5.92 Å². The maximum absolute atomic E-state index is 11.1. The van der Waals surface area contributed by atoms with Gasteiger partial charge >= 0.3 is 15.2 Å². The third-order valence-corrected chi connectivity index (χ3v) is 7.42. The first-order valence-corrected chi connectivity index (χ1v) is 8.08. The van der Waals surface area contributed by atoms with Crippen molar-refractivity contribution in [1.82, 2.24) is 0 Å². The molecule has 96 valence electrons. The molecule has 0 aromatic rings. The molecule has 0 aromatic heterocycles. The van der Waals surface area contributed by atoms with Crippen LogP contribution in [0, 0.1) is 11.8 Å². The van der Waals surface area contributed by atoms with E-state index in [1.165, 1.54) is 6.92 Å². The first-order valence-electron chi connectivity index (χ1n) is 4.85. The molecular weight excluding hydrogens is 258 g/mol. The molecular formula is C7H16O7P2. The van der Waals surface area contributed by atoms with E-state index in [-0.39, 0.29) is 5.92 Å². The monoisotopic (exact) mass is 274 g/mol. The van der Waals surface area contributed by atoms with Gasteiger partial charge in [0.25, 0.3) is 5.08 Å². The minimum absolute atomic E-state index is 0.259. The molecule has 0 radical (unpaired) electrons. The summed E-state index contributed by atoms with van der Waals surface area (Å²) in [7, 11) is -10.6. The molecule has 1 aliphatic rings. The lowest BCUT2D eigenvalue weighted by Gasteiger charge is -2.41. The number of rotatable bonds is 4. The Balaban J connectivity index is 3.14. The Kier molecular flexibility index (Phi) is 3.74. The maximum atomic E-state index is 11.1. The zero-order valence-corrected chi connectivity index (χ0v) is 10.5. The quantitative estimate of drug-likeness (QED) is 0.469. The number of hydrogen-bond donors (Lipinski definition) is 5. The van der Waals surface area contributed by atoms with E-state index < -0.39 is 26.2 Å². The van der Waals surface area contributed by atoms with E-state index in [1.807, 2.05) is 0 Å². The van der Waals surface area contributed by atoms with Crippen molar-refractivity contribution in [3.63, 3.8) is 0 Å². The van der Waals surface area contributed by atoms with Crippen molar-refractivity contribution in [3.8, 4) is 0 Å². The first kappa shape index (κ1) is 14.3. The van der Waals surface area contributed by atoms with Crippen LogP contribution in [0.5, 0.6) is 0 Å². The second-order valence-electron chi connectivity index (χ2n) is 4.26. The van der Waals surface area contributed by atoms with Crippen LogP contribution >= 0.6 is 15.2 Å². The van der Waals surface area contributed by atoms with Gasteiger partial charge in [0.2, 0.25) is 0 Å². The van der Waals surface area contributed by atoms with Crippen molar-refractivity contribution in [2.45, 2.75) is 31.3 Å². The van der Waals surface area contributed by atoms with Crippen molar-refractivity contribution in [2.75, 3.05) is 0 Å². The van der Waals surface area contributed by atoms with Crippen LogP contribution in [0.2, 0.25) is 0 Å². The highest BCUT2D eigenvalue weighted by molar-refractivity contribution is 7.72. The van der Waals surface area contributed by atoms with Crippen LogP contribution in [0.15, 0.2) is 0 Å². The van der Waals surface area contributed by atoms with Gasteiger partial charge in [0.15, 0.2) is 0 Å². The Bertz CT molecular complexity index is 330. The van der Waals surface area contributed by atoms with Gasteiger partial charge in [0.1, 0.15) is 0 Å². The Morgan fingerprint density at radius 2 is 1.50 bits per heavy atom. The summed E-state index contributed by atoms with van der Waals surface area (Å²) in [5.41, 5.74) is 0. The fourth-order valence-corrected chi connectivity index (χ4v) is 4.80. The average Bonchev–Trinajstić information content (AvgIpc) is 1.94. The summed E-state index contributed by atoms with van der Waals surface area (Å²) < 4.78 is 22.3. The Labute approximate surface area is 92.8 Å². The second-order valence-corrected chi connectivity index (χ2v) is 8.15. The lowest BCUT2D eigenvalue weighted by molar-refractivity contribution is 0.0366. The predicted octanol–water partition coefficient (Wildman–Crippen LogP) is 0.424. The zero-order valence-electron chi connectivity index (χ0n) is 8.72. The SMILES string of the molecule is CC(C1CCC1)C(O)(P(=O)(O)O)P(=O)(O)O. The van der Waals surface area contributed by atoms with Crippen molar-refractivity contribution in [1.29, 1.82) is 0 Å². The standard InChI is InChI=1S/C7H16O7P2/c1-5(6-3-2-4-6)7(8,15(9,10)11)16(12,13)14/h5-6,8H,2-4H2,1H3,(H2,9,10,11)(H2,12,13,14). The van der Waals surface area contributed by atoms with Crippen LogP contribution < -0.4 is 0 Å². The van der Waals surface area contributed by atoms with Gasteiger partial charge in [-0.2, -0.15) is 0 Å². The summed E-state index contributed by atoms with van der Waals surface area (Å²) in [6.07, 6.45) is 2.07. The third kappa shape index (κ3) is 2.14. The van der Waals surface area contributed by atoms with E-state index in [2.05, 4.69) is 0 Å². The van der Waals surface area contributed by atoms with Crippen molar-refractivity contribution in [2.24, 2.45) is 11.8 Å². The molecule has 0 saturated heterocycles. The Morgan fingerprint density at radius 3 is 1.69 bits per heavy atom. The van der Waals surface area contributed by atoms with E-state index in [4.69, 9.17) is 19.6 Å². The smallest absolute Gasteiger partial charge is 0.367 e. The van der Waals surface area contributed by atoms with Crippen LogP contribution in [0.3, 0.4) is 0 Å². The molecule has 1 rings (SSSR count). The van der Waals surface area contributed by atoms with Gasteiger partial charge in [-0.05, 0) is 5.92 Å². The third-order valence-electron chi connectivity index (χ3n) is 3.33. The molecule has 7 nitrogen and oxygen atoms in total. The van der Waals surface area contributed by atoms with Crippen molar-refractivity contribution >= 4 is 15.2 Å². The average molecular weight is 274 g/mol. The molecule has 0 aromatic carbocycles. The molecule has 9 heteroatoms. The lowest BCUT2D eigenvalue weighted by Crippen LogP contribution is -2.42. The molecule has 0 bridgehead atoms. The molecule has 1 unspecified atom stereocenters. The van der Waals surface area contributed by atoms with E-state index in [9.17, 15) is 14.2 Å². The molecule has 0 amide bonds. The summed E-state index contributed by atoms with van der Waals surface area (Å²) >= 11 is 0. The number of hydrogen-bond acceptors (Lipinski definition) is 3. The topological polar surface area (TPSA) is 135 Å². The minimum Gasteiger partial charge on any atom is -0.367 e. The summed E-state index contributed by atoms with van der Waals surface area (Å²) in [6, 6.07) is 0. The summed E-state index contributed by atoms with van der Waals surface area (Å²) in [5.74, 6) is -1.40.